The van der Waals surface area contributed by atoms with E-state index in [2.05, 4.69) is 34.6 Å². The zero-order valence-electron chi connectivity index (χ0n) is 19.7. The van der Waals surface area contributed by atoms with Gasteiger partial charge in [0.05, 0.1) is 12.2 Å². The van der Waals surface area contributed by atoms with Gasteiger partial charge < -0.3 is 10.2 Å². The first-order chi connectivity index (χ1) is 13.7. The zero-order valence-corrected chi connectivity index (χ0v) is 19.7. The zero-order chi connectivity index (χ0) is 21.0. The predicted molar refractivity (Wildman–Crippen MR) is 120 cm³/mol. The molecule has 9 atom stereocenters. The van der Waals surface area contributed by atoms with Crippen LogP contribution in [0, 0.1) is 46.3 Å². The Balaban J connectivity index is 1.52. The summed E-state index contributed by atoms with van der Waals surface area (Å²) in [5, 5.41) is 21.3. The van der Waals surface area contributed by atoms with Crippen LogP contribution in [0.5, 0.6) is 0 Å². The van der Waals surface area contributed by atoms with Crippen molar-refractivity contribution in [3.63, 3.8) is 0 Å². The van der Waals surface area contributed by atoms with E-state index >= 15 is 0 Å². The third-order valence-electron chi connectivity index (χ3n) is 10.3. The highest BCUT2D eigenvalue weighted by atomic mass is 16.3. The van der Waals surface area contributed by atoms with Crippen LogP contribution in [0.15, 0.2) is 11.6 Å². The minimum absolute atomic E-state index is 0.115. The van der Waals surface area contributed by atoms with E-state index in [1.54, 1.807) is 0 Å². The Labute approximate surface area is 179 Å². The van der Waals surface area contributed by atoms with Crippen molar-refractivity contribution in [3.8, 4) is 0 Å². The van der Waals surface area contributed by atoms with Crippen molar-refractivity contribution in [2.45, 2.75) is 111 Å². The predicted octanol–water partition coefficient (Wildman–Crippen LogP) is 6.36. The molecule has 3 unspecified atom stereocenters. The number of fused-ring (bicyclic) bond motifs is 5. The van der Waals surface area contributed by atoms with Crippen LogP contribution >= 0.6 is 0 Å². The van der Waals surface area contributed by atoms with E-state index in [0.717, 1.165) is 42.9 Å². The highest BCUT2D eigenvalue weighted by molar-refractivity contribution is 5.29. The second-order valence-electron chi connectivity index (χ2n) is 12.3. The van der Waals surface area contributed by atoms with Gasteiger partial charge in [-0.3, -0.25) is 0 Å². The van der Waals surface area contributed by atoms with E-state index < -0.39 is 0 Å². The van der Waals surface area contributed by atoms with E-state index in [9.17, 15) is 10.2 Å². The molecule has 4 rings (SSSR count). The Morgan fingerprint density at radius 1 is 0.966 bits per heavy atom. The molecule has 0 aromatic heterocycles. The minimum Gasteiger partial charge on any atom is -0.389 e. The normalized spacial score (nSPS) is 47.9. The van der Waals surface area contributed by atoms with E-state index in [4.69, 9.17) is 0 Å². The maximum absolute atomic E-state index is 11.1. The SMILES string of the molecule is CC(C)CCC[C@@H](C)[C@H]1CCC2C3C[C@@H](O)C4=C[C@H](O)CC[C@]4(C)C3CC[C@@]21C. The van der Waals surface area contributed by atoms with Gasteiger partial charge in [0, 0.05) is 0 Å². The standard InChI is InChI=1S/C27H46O2/c1-17(2)7-6-8-18(3)21-9-10-22-20-16-25(29)24-15-19(28)11-13-27(24,5)23(20)12-14-26(21,22)4/h15,17-23,25,28-29H,6-14,16H2,1-5H3/t18-,19-,20?,21-,22?,23?,25-,26-,27-/m1/s1. The monoisotopic (exact) mass is 402 g/mol. The van der Waals surface area contributed by atoms with E-state index in [0.29, 0.717) is 17.3 Å². The van der Waals surface area contributed by atoms with Gasteiger partial charge in [0.15, 0.2) is 0 Å². The molecule has 0 aliphatic heterocycles. The fourth-order valence-corrected chi connectivity index (χ4v) is 8.78. The van der Waals surface area contributed by atoms with Crippen LogP contribution in [0.25, 0.3) is 0 Å². The summed E-state index contributed by atoms with van der Waals surface area (Å²) >= 11 is 0. The summed E-state index contributed by atoms with van der Waals surface area (Å²) in [6.45, 7) is 12.3. The summed E-state index contributed by atoms with van der Waals surface area (Å²) in [4.78, 5) is 0. The maximum Gasteiger partial charge on any atom is 0.0759 e. The molecular weight excluding hydrogens is 356 g/mol. The van der Waals surface area contributed by atoms with Crippen molar-refractivity contribution >= 4 is 0 Å². The molecule has 4 aliphatic carbocycles. The lowest BCUT2D eigenvalue weighted by Crippen LogP contribution is -2.54. The fourth-order valence-electron chi connectivity index (χ4n) is 8.78. The van der Waals surface area contributed by atoms with Gasteiger partial charge in [0.2, 0.25) is 0 Å². The van der Waals surface area contributed by atoms with Gasteiger partial charge in [0.25, 0.3) is 0 Å². The topological polar surface area (TPSA) is 40.5 Å². The Bertz CT molecular complexity index is 624. The van der Waals surface area contributed by atoms with Gasteiger partial charge in [-0.15, -0.1) is 0 Å². The van der Waals surface area contributed by atoms with Crippen LogP contribution < -0.4 is 0 Å². The molecule has 0 aromatic rings. The van der Waals surface area contributed by atoms with Gasteiger partial charge in [-0.1, -0.05) is 60.0 Å². The second-order valence-corrected chi connectivity index (χ2v) is 12.3. The first kappa shape index (κ1) is 21.9. The van der Waals surface area contributed by atoms with Crippen LogP contribution in [-0.2, 0) is 0 Å². The molecule has 0 bridgehead atoms. The largest absolute Gasteiger partial charge is 0.389 e. The highest BCUT2D eigenvalue weighted by Gasteiger charge is 2.60. The third-order valence-corrected chi connectivity index (χ3v) is 10.3. The molecule has 166 valence electrons. The molecule has 2 nitrogen and oxygen atoms in total. The number of aliphatic hydroxyl groups excluding tert-OH is 2. The fraction of sp³-hybridized carbons (Fsp3) is 0.926. The van der Waals surface area contributed by atoms with E-state index in [1.807, 2.05) is 6.08 Å². The summed E-state index contributed by atoms with van der Waals surface area (Å²) in [6.07, 6.45) is 13.8. The Kier molecular flexibility index (Phi) is 6.01. The molecule has 2 N–H and O–H groups in total. The Hall–Kier alpha value is -0.340. The first-order valence-electron chi connectivity index (χ1n) is 12.7. The van der Waals surface area contributed by atoms with Crippen LogP contribution in [0.4, 0.5) is 0 Å². The number of hydrogen-bond acceptors (Lipinski definition) is 2. The Morgan fingerprint density at radius 3 is 2.45 bits per heavy atom. The molecule has 3 saturated carbocycles. The quantitative estimate of drug-likeness (QED) is 0.525. The van der Waals surface area contributed by atoms with E-state index in [-0.39, 0.29) is 17.6 Å². The Morgan fingerprint density at radius 2 is 1.72 bits per heavy atom. The third kappa shape index (κ3) is 3.65. The molecule has 0 radical (unpaired) electrons. The highest BCUT2D eigenvalue weighted by Crippen LogP contribution is 2.67. The summed E-state index contributed by atoms with van der Waals surface area (Å²) in [6, 6.07) is 0. The summed E-state index contributed by atoms with van der Waals surface area (Å²) in [5.74, 6) is 4.70. The summed E-state index contributed by atoms with van der Waals surface area (Å²) in [7, 11) is 0. The number of hydrogen-bond donors (Lipinski definition) is 2. The molecule has 0 spiro atoms. The molecule has 3 fully saturated rings. The molecular formula is C27H46O2. The van der Waals surface area contributed by atoms with E-state index in [1.165, 1.54) is 50.5 Å². The molecule has 2 heteroatoms. The summed E-state index contributed by atoms with van der Waals surface area (Å²) < 4.78 is 0. The van der Waals surface area contributed by atoms with Gasteiger partial charge in [-0.05, 0) is 96.9 Å². The van der Waals surface area contributed by atoms with Crippen molar-refractivity contribution in [2.24, 2.45) is 46.3 Å². The number of aliphatic hydroxyl groups is 2. The molecule has 29 heavy (non-hydrogen) atoms. The van der Waals surface area contributed by atoms with Crippen LogP contribution in [0.3, 0.4) is 0 Å². The molecule has 0 saturated heterocycles. The summed E-state index contributed by atoms with van der Waals surface area (Å²) in [5.41, 5.74) is 1.77. The average Bonchev–Trinajstić information content (AvgIpc) is 3.00. The molecule has 0 amide bonds. The number of rotatable bonds is 5. The maximum atomic E-state index is 11.1. The van der Waals surface area contributed by atoms with Gasteiger partial charge in [-0.25, -0.2) is 0 Å². The second kappa shape index (κ2) is 7.97. The van der Waals surface area contributed by atoms with Gasteiger partial charge in [0.1, 0.15) is 0 Å². The minimum atomic E-state index is -0.347. The van der Waals surface area contributed by atoms with Gasteiger partial charge >= 0.3 is 0 Å². The van der Waals surface area contributed by atoms with Crippen molar-refractivity contribution in [1.29, 1.82) is 0 Å². The molecule has 0 aromatic carbocycles. The smallest absolute Gasteiger partial charge is 0.0759 e. The lowest BCUT2D eigenvalue weighted by Gasteiger charge is -2.60. The van der Waals surface area contributed by atoms with Crippen LogP contribution in [0.2, 0.25) is 0 Å². The molecule has 0 heterocycles. The lowest BCUT2D eigenvalue weighted by atomic mass is 9.46. The van der Waals surface area contributed by atoms with Crippen LogP contribution in [-0.4, -0.2) is 22.4 Å². The van der Waals surface area contributed by atoms with Crippen molar-refractivity contribution in [1.82, 2.24) is 0 Å². The first-order valence-corrected chi connectivity index (χ1v) is 12.7. The lowest BCUT2D eigenvalue weighted by molar-refractivity contribution is -0.0874. The van der Waals surface area contributed by atoms with Crippen molar-refractivity contribution in [2.75, 3.05) is 0 Å². The average molecular weight is 403 g/mol. The van der Waals surface area contributed by atoms with Crippen molar-refractivity contribution < 1.29 is 10.2 Å². The molecule has 4 aliphatic rings. The van der Waals surface area contributed by atoms with Gasteiger partial charge in [-0.2, -0.15) is 0 Å². The van der Waals surface area contributed by atoms with Crippen molar-refractivity contribution in [3.05, 3.63) is 11.6 Å². The van der Waals surface area contributed by atoms with Crippen LogP contribution in [0.1, 0.15) is 98.8 Å².